The second-order valence-corrected chi connectivity index (χ2v) is 7.38. The molecular weight excluding hydrogens is 352 g/mol. The Bertz CT molecular complexity index is 1080. The summed E-state index contributed by atoms with van der Waals surface area (Å²) in [5, 5.41) is 4.10. The van der Waals surface area contributed by atoms with Crippen molar-refractivity contribution in [1.29, 1.82) is 0 Å². The quantitative estimate of drug-likeness (QED) is 0.753. The van der Waals surface area contributed by atoms with Gasteiger partial charge in [-0.15, -0.1) is 0 Å². The van der Waals surface area contributed by atoms with Gasteiger partial charge >= 0.3 is 0 Å². The van der Waals surface area contributed by atoms with E-state index in [9.17, 15) is 4.79 Å². The third-order valence-corrected chi connectivity index (χ3v) is 5.56. The minimum atomic E-state index is -0.146. The van der Waals surface area contributed by atoms with Crippen LogP contribution in [0.25, 0.3) is 10.9 Å². The molecule has 0 radical (unpaired) electrons. The molecule has 5 nitrogen and oxygen atoms in total. The van der Waals surface area contributed by atoms with Crippen molar-refractivity contribution in [3.05, 3.63) is 64.8 Å². The second kappa shape index (κ2) is 6.82. The van der Waals surface area contributed by atoms with Crippen LogP contribution in [0.4, 0.5) is 0 Å². The molecule has 0 bridgehead atoms. The maximum atomic E-state index is 13.3. The summed E-state index contributed by atoms with van der Waals surface area (Å²) in [4.78, 5) is 18.1. The molecule has 5 heteroatoms. The van der Waals surface area contributed by atoms with Gasteiger partial charge in [-0.25, -0.2) is 0 Å². The molecule has 142 valence electrons. The van der Waals surface area contributed by atoms with Gasteiger partial charge in [-0.3, -0.25) is 9.78 Å². The summed E-state index contributed by atoms with van der Waals surface area (Å²) in [6.45, 7) is 3.11. The lowest BCUT2D eigenvalue weighted by atomic mass is 9.99. The Morgan fingerprint density at radius 2 is 1.89 bits per heavy atom. The number of hydrogen-bond donors (Lipinski definition) is 1. The molecule has 1 amide bonds. The fraction of sp³-hybridized carbons (Fsp3) is 0.304. The molecule has 1 atom stereocenters. The number of ether oxygens (including phenoxy) is 2. The molecule has 1 aliphatic heterocycles. The lowest BCUT2D eigenvalue weighted by Gasteiger charge is -2.21. The molecule has 3 aromatic rings. The maximum Gasteiger partial charge on any atom is 0.252 e. The van der Waals surface area contributed by atoms with Crippen molar-refractivity contribution in [2.45, 2.75) is 32.2 Å². The van der Waals surface area contributed by atoms with Crippen LogP contribution in [-0.2, 0) is 12.8 Å². The molecule has 2 heterocycles. The van der Waals surface area contributed by atoms with E-state index in [1.54, 1.807) is 0 Å². The van der Waals surface area contributed by atoms with E-state index in [2.05, 4.69) is 5.32 Å². The van der Waals surface area contributed by atoms with Crippen molar-refractivity contribution < 1.29 is 14.3 Å². The molecule has 2 aliphatic rings. The Balaban J connectivity index is 1.48. The normalized spacial score (nSPS) is 15.9. The molecule has 1 N–H and O–H groups in total. The summed E-state index contributed by atoms with van der Waals surface area (Å²) in [6.07, 6.45) is 2.91. The van der Waals surface area contributed by atoms with E-state index in [1.165, 1.54) is 0 Å². The minimum absolute atomic E-state index is 0.0425. The highest BCUT2D eigenvalue weighted by molar-refractivity contribution is 6.08. The summed E-state index contributed by atoms with van der Waals surface area (Å²) in [5.74, 6) is 1.45. The molecule has 1 aromatic heterocycles. The minimum Gasteiger partial charge on any atom is -0.486 e. The number of nitrogens with zero attached hydrogens (tertiary/aromatic N) is 1. The summed E-state index contributed by atoms with van der Waals surface area (Å²) in [5.41, 5.74) is 4.83. The zero-order chi connectivity index (χ0) is 19.1. The van der Waals surface area contributed by atoms with E-state index in [4.69, 9.17) is 14.5 Å². The molecule has 1 unspecified atom stereocenters. The Kier molecular flexibility index (Phi) is 4.15. The lowest BCUT2D eigenvalue weighted by molar-refractivity contribution is 0.0940. The van der Waals surface area contributed by atoms with Crippen LogP contribution in [0.1, 0.15) is 46.6 Å². The molecule has 1 aliphatic carbocycles. The Morgan fingerprint density at radius 3 is 2.79 bits per heavy atom. The third-order valence-electron chi connectivity index (χ3n) is 5.56. The summed E-state index contributed by atoms with van der Waals surface area (Å²) in [7, 11) is 0. The van der Waals surface area contributed by atoms with Gasteiger partial charge in [-0.05, 0) is 55.5 Å². The van der Waals surface area contributed by atoms with Gasteiger partial charge in [-0.1, -0.05) is 24.3 Å². The van der Waals surface area contributed by atoms with Crippen LogP contribution in [0.2, 0.25) is 0 Å². The lowest BCUT2D eigenvalue weighted by Crippen LogP contribution is -2.28. The Morgan fingerprint density at radius 1 is 1.07 bits per heavy atom. The molecule has 0 saturated heterocycles. The van der Waals surface area contributed by atoms with E-state index in [1.807, 2.05) is 49.4 Å². The van der Waals surface area contributed by atoms with Gasteiger partial charge in [0.15, 0.2) is 11.5 Å². The van der Waals surface area contributed by atoms with Crippen molar-refractivity contribution in [2.75, 3.05) is 13.2 Å². The molecular formula is C23H22N2O3. The first-order valence-corrected chi connectivity index (χ1v) is 9.81. The van der Waals surface area contributed by atoms with Crippen LogP contribution in [0.5, 0.6) is 11.5 Å². The molecule has 2 aromatic carbocycles. The maximum absolute atomic E-state index is 13.3. The van der Waals surface area contributed by atoms with E-state index >= 15 is 0 Å². The topological polar surface area (TPSA) is 60.5 Å². The summed E-state index contributed by atoms with van der Waals surface area (Å²) < 4.78 is 11.3. The van der Waals surface area contributed by atoms with Crippen LogP contribution in [0.15, 0.2) is 42.5 Å². The van der Waals surface area contributed by atoms with E-state index < -0.39 is 0 Å². The first-order chi connectivity index (χ1) is 13.7. The number of carbonyl (C=O) groups is 1. The largest absolute Gasteiger partial charge is 0.486 e. The predicted octanol–water partition coefficient (Wildman–Crippen LogP) is 3.99. The standard InChI is InChI=1S/C23H22N2O3/c1-14(15-9-10-20-21(13-15)28-12-11-27-20)24-23(26)22-16-5-2-3-7-18(16)25-19-8-4-6-17(19)22/h2-3,5,7,9-10,13-14H,4,6,8,11-12H2,1H3,(H,24,26). The SMILES string of the molecule is CC(NC(=O)c1c2c(nc3ccccc13)CCC2)c1ccc2c(c1)OCCO2. The number of rotatable bonds is 3. The van der Waals surface area contributed by atoms with Gasteiger partial charge in [-0.2, -0.15) is 0 Å². The van der Waals surface area contributed by atoms with Crippen molar-refractivity contribution in [3.63, 3.8) is 0 Å². The van der Waals surface area contributed by atoms with E-state index in [0.29, 0.717) is 13.2 Å². The number of nitrogens with one attached hydrogen (secondary N) is 1. The number of amides is 1. The summed E-state index contributed by atoms with van der Waals surface area (Å²) in [6, 6.07) is 13.6. The number of aromatic nitrogens is 1. The predicted molar refractivity (Wildman–Crippen MR) is 107 cm³/mol. The molecule has 5 rings (SSSR count). The van der Waals surface area contributed by atoms with Gasteiger partial charge in [0.1, 0.15) is 13.2 Å². The van der Waals surface area contributed by atoms with Crippen LogP contribution in [0, 0.1) is 0 Å². The molecule has 28 heavy (non-hydrogen) atoms. The van der Waals surface area contributed by atoms with Crippen molar-refractivity contribution in [2.24, 2.45) is 0 Å². The van der Waals surface area contributed by atoms with Crippen LogP contribution >= 0.6 is 0 Å². The van der Waals surface area contributed by atoms with Crippen molar-refractivity contribution in [1.82, 2.24) is 10.3 Å². The van der Waals surface area contributed by atoms with Gasteiger partial charge in [0.05, 0.1) is 17.1 Å². The highest BCUT2D eigenvalue weighted by atomic mass is 16.6. The highest BCUT2D eigenvalue weighted by Gasteiger charge is 2.25. The summed E-state index contributed by atoms with van der Waals surface area (Å²) >= 11 is 0. The van der Waals surface area contributed by atoms with Gasteiger partial charge in [0, 0.05) is 11.1 Å². The zero-order valence-corrected chi connectivity index (χ0v) is 15.8. The number of para-hydroxylation sites is 1. The number of pyridine rings is 1. The monoisotopic (exact) mass is 374 g/mol. The van der Waals surface area contributed by atoms with Crippen LogP contribution in [0.3, 0.4) is 0 Å². The molecule has 0 spiro atoms. The zero-order valence-electron chi connectivity index (χ0n) is 15.8. The smallest absolute Gasteiger partial charge is 0.252 e. The first-order valence-electron chi connectivity index (χ1n) is 9.81. The van der Waals surface area contributed by atoms with Crippen LogP contribution < -0.4 is 14.8 Å². The number of carbonyl (C=O) groups excluding carboxylic acids is 1. The van der Waals surface area contributed by atoms with Crippen molar-refractivity contribution in [3.8, 4) is 11.5 Å². The highest BCUT2D eigenvalue weighted by Crippen LogP contribution is 2.33. The fourth-order valence-electron chi connectivity index (χ4n) is 4.15. The number of fused-ring (bicyclic) bond motifs is 3. The van der Waals surface area contributed by atoms with Crippen LogP contribution in [-0.4, -0.2) is 24.1 Å². The Labute approximate surface area is 163 Å². The van der Waals surface area contributed by atoms with Gasteiger partial charge in [0.2, 0.25) is 0 Å². The first kappa shape index (κ1) is 17.0. The fourth-order valence-corrected chi connectivity index (χ4v) is 4.15. The number of benzene rings is 2. The molecule has 0 fully saturated rings. The number of aryl methyl sites for hydroxylation is 1. The second-order valence-electron chi connectivity index (χ2n) is 7.38. The van der Waals surface area contributed by atoms with Gasteiger partial charge in [0.25, 0.3) is 5.91 Å². The Hall–Kier alpha value is -3.08. The third kappa shape index (κ3) is 2.87. The van der Waals surface area contributed by atoms with Crippen molar-refractivity contribution >= 4 is 16.8 Å². The number of hydrogen-bond acceptors (Lipinski definition) is 4. The average molecular weight is 374 g/mol. The average Bonchev–Trinajstić information content (AvgIpc) is 3.19. The van der Waals surface area contributed by atoms with E-state index in [-0.39, 0.29) is 11.9 Å². The van der Waals surface area contributed by atoms with E-state index in [0.717, 1.165) is 64.0 Å². The van der Waals surface area contributed by atoms with Gasteiger partial charge < -0.3 is 14.8 Å². The molecule has 0 saturated carbocycles.